The zero-order chi connectivity index (χ0) is 22.9. The number of para-hydroxylation sites is 1. The van der Waals surface area contributed by atoms with Crippen molar-refractivity contribution >= 4 is 27.3 Å². The van der Waals surface area contributed by atoms with Crippen molar-refractivity contribution in [2.45, 2.75) is 27.3 Å². The van der Waals surface area contributed by atoms with E-state index >= 15 is 0 Å². The first-order chi connectivity index (χ1) is 16.2. The largest absolute Gasteiger partial charge is 0.309 e. The van der Waals surface area contributed by atoms with Crippen LogP contribution >= 0.6 is 0 Å². The lowest BCUT2D eigenvalue weighted by Crippen LogP contribution is -2.20. The molecule has 164 valence electrons. The number of benzene rings is 1. The molecule has 0 fully saturated rings. The molecule has 7 heteroatoms. The van der Waals surface area contributed by atoms with Crippen molar-refractivity contribution in [2.24, 2.45) is 0 Å². The molecular weight excluding hydrogens is 412 g/mol. The Bertz CT molecular complexity index is 1660. The average molecular weight is 437 g/mol. The maximum Gasteiger partial charge on any atom is 0.260 e. The van der Waals surface area contributed by atoms with Gasteiger partial charge in [0.25, 0.3) is 5.56 Å². The summed E-state index contributed by atoms with van der Waals surface area (Å²) in [5, 5.41) is 9.67. The van der Waals surface area contributed by atoms with E-state index < -0.39 is 0 Å². The van der Waals surface area contributed by atoms with Crippen molar-refractivity contribution in [1.82, 2.24) is 29.1 Å². The second-order valence-electron chi connectivity index (χ2n) is 7.74. The van der Waals surface area contributed by atoms with Crippen molar-refractivity contribution in [3.05, 3.63) is 95.2 Å². The van der Waals surface area contributed by atoms with Crippen molar-refractivity contribution in [2.75, 3.05) is 0 Å². The van der Waals surface area contributed by atoms with E-state index in [1.54, 1.807) is 23.2 Å². The summed E-state index contributed by atoms with van der Waals surface area (Å²) in [6.45, 7) is 6.44. The van der Waals surface area contributed by atoms with Crippen LogP contribution in [0.2, 0.25) is 0 Å². The van der Waals surface area contributed by atoms with E-state index in [2.05, 4.69) is 20.2 Å². The van der Waals surface area contributed by atoms with E-state index in [9.17, 15) is 4.79 Å². The maximum atomic E-state index is 13.3. The van der Waals surface area contributed by atoms with Crippen LogP contribution in [0.25, 0.3) is 38.4 Å². The Labute approximate surface area is 190 Å². The number of aromatic amines is 1. The van der Waals surface area contributed by atoms with Crippen molar-refractivity contribution in [3.8, 4) is 11.1 Å². The first-order valence-corrected chi connectivity index (χ1v) is 11.0. The van der Waals surface area contributed by atoms with Crippen molar-refractivity contribution in [1.29, 1.82) is 0 Å². The minimum absolute atomic E-state index is 0.0862. The third kappa shape index (κ3) is 3.57. The molecule has 5 heterocycles. The van der Waals surface area contributed by atoms with Gasteiger partial charge in [0.2, 0.25) is 0 Å². The van der Waals surface area contributed by atoms with Crippen LogP contribution in [-0.2, 0) is 6.54 Å². The second-order valence-corrected chi connectivity index (χ2v) is 7.74. The highest BCUT2D eigenvalue weighted by Gasteiger charge is 2.13. The standard InChI is InChI=1S/C24H18N6O.C2H6/c1-15-5-6-22-27-17(14-30(22)12-15)13-29-8-7-18-20(10-25-11-21(18)24(29)31)19-4-2-3-16-9-26-28-23(16)19;1-2/h2-12,14H,13H2,1H3,(H,26,28);1-2H3. The summed E-state index contributed by atoms with van der Waals surface area (Å²) in [5.74, 6) is 0. The fourth-order valence-corrected chi connectivity index (χ4v) is 4.15. The summed E-state index contributed by atoms with van der Waals surface area (Å²) >= 11 is 0. The Morgan fingerprint density at radius 1 is 0.939 bits per heavy atom. The molecule has 1 aromatic carbocycles. The first kappa shape index (κ1) is 20.6. The van der Waals surface area contributed by atoms with Gasteiger partial charge in [0.1, 0.15) is 5.65 Å². The maximum absolute atomic E-state index is 13.3. The van der Waals surface area contributed by atoms with Crippen LogP contribution < -0.4 is 5.56 Å². The second kappa shape index (κ2) is 8.35. The van der Waals surface area contributed by atoms with Gasteiger partial charge in [0, 0.05) is 47.5 Å². The summed E-state index contributed by atoms with van der Waals surface area (Å²) in [4.78, 5) is 22.3. The van der Waals surface area contributed by atoms with Crippen LogP contribution in [0.3, 0.4) is 0 Å². The minimum atomic E-state index is -0.0862. The quantitative estimate of drug-likeness (QED) is 0.425. The Balaban J connectivity index is 0.00000111. The molecule has 0 bridgehead atoms. The van der Waals surface area contributed by atoms with Gasteiger partial charge < -0.3 is 8.97 Å². The number of imidazole rings is 1. The lowest BCUT2D eigenvalue weighted by Gasteiger charge is -2.10. The molecule has 0 saturated heterocycles. The predicted octanol–water partition coefficient (Wildman–Crippen LogP) is 4.97. The van der Waals surface area contributed by atoms with E-state index in [1.807, 2.05) is 80.2 Å². The normalized spacial score (nSPS) is 11.1. The summed E-state index contributed by atoms with van der Waals surface area (Å²) < 4.78 is 3.67. The zero-order valence-corrected chi connectivity index (χ0v) is 18.8. The van der Waals surface area contributed by atoms with E-state index in [1.165, 1.54) is 0 Å². The van der Waals surface area contributed by atoms with Crippen LogP contribution in [-0.4, -0.2) is 29.1 Å². The lowest BCUT2D eigenvalue weighted by atomic mass is 10.00. The van der Waals surface area contributed by atoms with E-state index in [0.717, 1.165) is 44.3 Å². The molecule has 7 nitrogen and oxygen atoms in total. The van der Waals surface area contributed by atoms with Gasteiger partial charge in [-0.25, -0.2) is 4.98 Å². The van der Waals surface area contributed by atoms with Gasteiger partial charge in [-0.15, -0.1) is 0 Å². The summed E-state index contributed by atoms with van der Waals surface area (Å²) in [6.07, 6.45) is 11.1. The minimum Gasteiger partial charge on any atom is -0.309 e. The van der Waals surface area contributed by atoms with Gasteiger partial charge in [-0.2, -0.15) is 5.10 Å². The molecule has 6 rings (SSSR count). The molecule has 0 unspecified atom stereocenters. The van der Waals surface area contributed by atoms with E-state index in [4.69, 9.17) is 0 Å². The van der Waals surface area contributed by atoms with Crippen LogP contribution in [0.1, 0.15) is 25.1 Å². The number of aromatic nitrogens is 6. The Hall–Kier alpha value is -4.26. The fourth-order valence-electron chi connectivity index (χ4n) is 4.15. The highest BCUT2D eigenvalue weighted by Crippen LogP contribution is 2.31. The SMILES string of the molecule is CC.Cc1ccc2nc(Cn3ccc4c(-c5cccc6cn[nH]c56)cncc4c3=O)cn2c1. The first-order valence-electron chi connectivity index (χ1n) is 11.0. The third-order valence-electron chi connectivity index (χ3n) is 5.65. The molecule has 33 heavy (non-hydrogen) atoms. The Kier molecular flexibility index (Phi) is 5.22. The Morgan fingerprint density at radius 3 is 2.70 bits per heavy atom. The molecule has 0 saturated carbocycles. The van der Waals surface area contributed by atoms with Crippen molar-refractivity contribution in [3.63, 3.8) is 0 Å². The zero-order valence-electron chi connectivity index (χ0n) is 18.8. The molecule has 6 aromatic rings. The van der Waals surface area contributed by atoms with Crippen LogP contribution in [0, 0.1) is 6.92 Å². The number of fused-ring (bicyclic) bond motifs is 3. The number of hydrogen-bond acceptors (Lipinski definition) is 4. The molecular formula is C26H24N6O. The topological polar surface area (TPSA) is 80.9 Å². The Morgan fingerprint density at radius 2 is 1.82 bits per heavy atom. The molecule has 0 aliphatic rings. The van der Waals surface area contributed by atoms with E-state index in [-0.39, 0.29) is 5.56 Å². The number of pyridine rings is 3. The number of H-pyrrole nitrogens is 1. The molecule has 0 amide bonds. The number of aryl methyl sites for hydroxylation is 1. The molecule has 0 aliphatic heterocycles. The smallest absolute Gasteiger partial charge is 0.260 e. The molecule has 5 aromatic heterocycles. The van der Waals surface area contributed by atoms with Gasteiger partial charge in [0.05, 0.1) is 29.3 Å². The average Bonchev–Trinajstić information content (AvgIpc) is 3.48. The van der Waals surface area contributed by atoms with E-state index in [0.29, 0.717) is 11.9 Å². The van der Waals surface area contributed by atoms with Crippen LogP contribution in [0.5, 0.6) is 0 Å². The van der Waals surface area contributed by atoms with Crippen LogP contribution in [0.4, 0.5) is 0 Å². The summed E-state index contributed by atoms with van der Waals surface area (Å²) in [7, 11) is 0. The van der Waals surface area contributed by atoms with Crippen LogP contribution in [0.15, 0.2) is 78.4 Å². The molecule has 0 radical (unpaired) electrons. The number of nitrogens with zero attached hydrogens (tertiary/aromatic N) is 5. The summed E-state index contributed by atoms with van der Waals surface area (Å²) in [6, 6.07) is 12.0. The van der Waals surface area contributed by atoms with Gasteiger partial charge in [-0.05, 0) is 30.0 Å². The summed E-state index contributed by atoms with van der Waals surface area (Å²) in [5.41, 5.74) is 5.58. The van der Waals surface area contributed by atoms with Gasteiger partial charge >= 0.3 is 0 Å². The number of rotatable bonds is 3. The fraction of sp³-hybridized carbons (Fsp3) is 0.154. The molecule has 0 spiro atoms. The predicted molar refractivity (Wildman–Crippen MR) is 131 cm³/mol. The van der Waals surface area contributed by atoms with Gasteiger partial charge in [0.15, 0.2) is 0 Å². The third-order valence-corrected chi connectivity index (χ3v) is 5.65. The number of hydrogen-bond donors (Lipinski definition) is 1. The number of nitrogens with one attached hydrogen (secondary N) is 1. The monoisotopic (exact) mass is 436 g/mol. The molecule has 1 N–H and O–H groups in total. The lowest BCUT2D eigenvalue weighted by molar-refractivity contribution is 0.752. The highest BCUT2D eigenvalue weighted by molar-refractivity contribution is 6.03. The molecule has 0 atom stereocenters. The van der Waals surface area contributed by atoms with Gasteiger partial charge in [-0.1, -0.05) is 38.1 Å². The van der Waals surface area contributed by atoms with Gasteiger partial charge in [-0.3, -0.25) is 14.9 Å². The van der Waals surface area contributed by atoms with Crippen molar-refractivity contribution < 1.29 is 0 Å². The molecule has 0 aliphatic carbocycles. The highest BCUT2D eigenvalue weighted by atomic mass is 16.1.